The normalized spacial score (nSPS) is 17.2. The molecular formula is C19H26N2O4. The van der Waals surface area contributed by atoms with E-state index < -0.39 is 23.7 Å². The van der Waals surface area contributed by atoms with Gasteiger partial charge in [0, 0.05) is 26.3 Å². The zero-order valence-electron chi connectivity index (χ0n) is 15.3. The summed E-state index contributed by atoms with van der Waals surface area (Å²) in [5.41, 5.74) is 1.82. The Morgan fingerprint density at radius 1 is 1.24 bits per heavy atom. The van der Waals surface area contributed by atoms with Gasteiger partial charge in [-0.15, -0.1) is 0 Å². The van der Waals surface area contributed by atoms with Gasteiger partial charge in [-0.3, -0.25) is 4.79 Å². The summed E-state index contributed by atoms with van der Waals surface area (Å²) in [6, 6.07) is 6.99. The first-order chi connectivity index (χ1) is 11.9. The smallest absolute Gasteiger partial charge is 0.340 e. The van der Waals surface area contributed by atoms with Crippen LogP contribution in [-0.4, -0.2) is 49.1 Å². The molecule has 136 valence electrons. The third-order valence-corrected chi connectivity index (χ3v) is 4.28. The van der Waals surface area contributed by atoms with E-state index in [4.69, 9.17) is 4.74 Å². The fourth-order valence-electron chi connectivity index (χ4n) is 2.93. The standard InChI is InChI=1S/C19H26N2O4/c1-5-7-12-21-16(13-8-10-14(11-9-13)20(3)4)15(17(22)18(21)23)19(24)25-6-2/h8-11,16,22H,5-7,12H2,1-4H3. The molecule has 0 saturated heterocycles. The van der Waals surface area contributed by atoms with Crippen LogP contribution in [0.2, 0.25) is 0 Å². The lowest BCUT2D eigenvalue weighted by atomic mass is 9.98. The Labute approximate surface area is 148 Å². The van der Waals surface area contributed by atoms with Crippen molar-refractivity contribution < 1.29 is 19.4 Å². The van der Waals surface area contributed by atoms with Crippen LogP contribution in [0.1, 0.15) is 38.3 Å². The van der Waals surface area contributed by atoms with Gasteiger partial charge in [0.05, 0.1) is 12.6 Å². The number of nitrogens with zero attached hydrogens (tertiary/aromatic N) is 2. The monoisotopic (exact) mass is 346 g/mol. The summed E-state index contributed by atoms with van der Waals surface area (Å²) < 4.78 is 5.07. The first-order valence-corrected chi connectivity index (χ1v) is 8.60. The number of carbonyl (C=O) groups excluding carboxylic acids is 2. The maximum atomic E-state index is 12.5. The number of carbonyl (C=O) groups is 2. The van der Waals surface area contributed by atoms with Crippen LogP contribution in [0, 0.1) is 0 Å². The van der Waals surface area contributed by atoms with Gasteiger partial charge in [-0.25, -0.2) is 4.79 Å². The molecule has 6 heteroatoms. The number of hydrogen-bond acceptors (Lipinski definition) is 5. The van der Waals surface area contributed by atoms with Crippen LogP contribution in [0.4, 0.5) is 5.69 Å². The van der Waals surface area contributed by atoms with Crippen molar-refractivity contribution in [3.8, 4) is 0 Å². The van der Waals surface area contributed by atoms with E-state index in [-0.39, 0.29) is 12.2 Å². The van der Waals surface area contributed by atoms with Crippen molar-refractivity contribution in [3.05, 3.63) is 41.2 Å². The zero-order chi connectivity index (χ0) is 18.6. The highest BCUT2D eigenvalue weighted by atomic mass is 16.5. The van der Waals surface area contributed by atoms with Gasteiger partial charge in [-0.2, -0.15) is 0 Å². The van der Waals surface area contributed by atoms with Crippen LogP contribution >= 0.6 is 0 Å². The van der Waals surface area contributed by atoms with Crippen molar-refractivity contribution in [2.24, 2.45) is 0 Å². The topological polar surface area (TPSA) is 70.1 Å². The van der Waals surface area contributed by atoms with Crippen LogP contribution in [0.3, 0.4) is 0 Å². The SMILES string of the molecule is CCCCN1C(=O)C(O)=C(C(=O)OCC)C1c1ccc(N(C)C)cc1. The predicted octanol–water partition coefficient (Wildman–Crippen LogP) is 2.81. The fraction of sp³-hybridized carbons (Fsp3) is 0.474. The molecule has 0 radical (unpaired) electrons. The van der Waals surface area contributed by atoms with Gasteiger partial charge in [0.1, 0.15) is 5.57 Å². The molecule has 0 aromatic heterocycles. The molecule has 25 heavy (non-hydrogen) atoms. The summed E-state index contributed by atoms with van der Waals surface area (Å²) in [7, 11) is 3.88. The Balaban J connectivity index is 2.44. The second kappa shape index (κ2) is 8.05. The Morgan fingerprint density at radius 3 is 2.40 bits per heavy atom. The summed E-state index contributed by atoms with van der Waals surface area (Å²) in [5, 5.41) is 10.3. The summed E-state index contributed by atoms with van der Waals surface area (Å²) in [5.74, 6) is -1.66. The Kier molecular flexibility index (Phi) is 6.07. The molecule has 1 unspecified atom stereocenters. The maximum absolute atomic E-state index is 12.5. The number of rotatable bonds is 7. The summed E-state index contributed by atoms with van der Waals surface area (Å²) in [4.78, 5) is 28.4. The van der Waals surface area contributed by atoms with Gasteiger partial charge in [0.2, 0.25) is 0 Å². The number of aliphatic hydroxyl groups is 1. The van der Waals surface area contributed by atoms with Crippen molar-refractivity contribution in [1.82, 2.24) is 4.90 Å². The molecule has 0 saturated carbocycles. The average Bonchev–Trinajstić information content (AvgIpc) is 2.84. The lowest BCUT2D eigenvalue weighted by molar-refractivity contribution is -0.139. The quantitative estimate of drug-likeness (QED) is 0.769. The third kappa shape index (κ3) is 3.78. The van der Waals surface area contributed by atoms with Gasteiger partial charge in [0.15, 0.2) is 5.76 Å². The third-order valence-electron chi connectivity index (χ3n) is 4.28. The number of benzene rings is 1. The molecule has 1 aliphatic heterocycles. The van der Waals surface area contributed by atoms with E-state index in [1.807, 2.05) is 50.2 Å². The number of ether oxygens (including phenoxy) is 1. The van der Waals surface area contributed by atoms with Gasteiger partial charge >= 0.3 is 5.97 Å². The minimum atomic E-state index is -0.644. The van der Waals surface area contributed by atoms with Crippen LogP contribution in [0.25, 0.3) is 0 Å². The second-order valence-corrected chi connectivity index (χ2v) is 6.22. The predicted molar refractivity (Wildman–Crippen MR) is 96.4 cm³/mol. The highest BCUT2D eigenvalue weighted by molar-refractivity contribution is 6.06. The molecule has 0 aliphatic carbocycles. The van der Waals surface area contributed by atoms with Crippen LogP contribution in [-0.2, 0) is 14.3 Å². The maximum Gasteiger partial charge on any atom is 0.340 e. The molecule has 1 aliphatic rings. The summed E-state index contributed by atoms with van der Waals surface area (Å²) in [6.07, 6.45) is 1.70. The second-order valence-electron chi connectivity index (χ2n) is 6.22. The Hall–Kier alpha value is -2.50. The summed E-state index contributed by atoms with van der Waals surface area (Å²) >= 11 is 0. The number of anilines is 1. The first kappa shape index (κ1) is 18.8. The summed E-state index contributed by atoms with van der Waals surface area (Å²) in [6.45, 7) is 4.39. The van der Waals surface area contributed by atoms with Gasteiger partial charge in [-0.1, -0.05) is 25.5 Å². The number of aliphatic hydroxyl groups excluding tert-OH is 1. The van der Waals surface area contributed by atoms with Gasteiger partial charge in [0.25, 0.3) is 5.91 Å². The van der Waals surface area contributed by atoms with E-state index in [0.29, 0.717) is 6.54 Å². The lowest BCUT2D eigenvalue weighted by Gasteiger charge is -2.27. The molecule has 1 atom stereocenters. The minimum Gasteiger partial charge on any atom is -0.503 e. The van der Waals surface area contributed by atoms with Crippen molar-refractivity contribution in [2.75, 3.05) is 32.1 Å². The number of esters is 1. The van der Waals surface area contributed by atoms with Gasteiger partial charge in [-0.05, 0) is 31.0 Å². The Morgan fingerprint density at radius 2 is 1.88 bits per heavy atom. The molecule has 1 heterocycles. The highest BCUT2D eigenvalue weighted by Gasteiger charge is 2.44. The number of unbranched alkanes of at least 4 members (excludes halogenated alkanes) is 1. The van der Waals surface area contributed by atoms with E-state index in [1.165, 1.54) is 0 Å². The van der Waals surface area contributed by atoms with Crippen LogP contribution in [0.15, 0.2) is 35.6 Å². The van der Waals surface area contributed by atoms with Crippen LogP contribution < -0.4 is 4.90 Å². The molecular weight excluding hydrogens is 320 g/mol. The first-order valence-electron chi connectivity index (χ1n) is 8.60. The average molecular weight is 346 g/mol. The van der Waals surface area contributed by atoms with E-state index in [0.717, 1.165) is 24.1 Å². The van der Waals surface area contributed by atoms with Gasteiger partial charge < -0.3 is 19.6 Å². The lowest BCUT2D eigenvalue weighted by Crippen LogP contribution is -2.32. The molecule has 6 nitrogen and oxygen atoms in total. The molecule has 1 N–H and O–H groups in total. The molecule has 0 bridgehead atoms. The molecule has 2 rings (SSSR count). The van der Waals surface area contributed by atoms with E-state index in [1.54, 1.807) is 11.8 Å². The number of hydrogen-bond donors (Lipinski definition) is 1. The molecule has 1 aromatic rings. The highest BCUT2D eigenvalue weighted by Crippen LogP contribution is 2.38. The fourth-order valence-corrected chi connectivity index (χ4v) is 2.93. The van der Waals surface area contributed by atoms with E-state index in [2.05, 4.69) is 0 Å². The van der Waals surface area contributed by atoms with E-state index >= 15 is 0 Å². The number of amides is 1. The molecule has 0 spiro atoms. The van der Waals surface area contributed by atoms with Crippen molar-refractivity contribution >= 4 is 17.6 Å². The molecule has 0 fully saturated rings. The van der Waals surface area contributed by atoms with E-state index in [9.17, 15) is 14.7 Å². The minimum absolute atomic E-state index is 0.0283. The van der Waals surface area contributed by atoms with Crippen molar-refractivity contribution in [2.45, 2.75) is 32.7 Å². The van der Waals surface area contributed by atoms with Crippen LogP contribution in [0.5, 0.6) is 0 Å². The van der Waals surface area contributed by atoms with Crippen molar-refractivity contribution in [3.63, 3.8) is 0 Å². The van der Waals surface area contributed by atoms with Crippen molar-refractivity contribution in [1.29, 1.82) is 0 Å². The Bertz CT molecular complexity index is 665. The molecule has 1 aromatic carbocycles. The zero-order valence-corrected chi connectivity index (χ0v) is 15.3. The molecule has 1 amide bonds. The largest absolute Gasteiger partial charge is 0.503 e.